The van der Waals surface area contributed by atoms with Crippen molar-refractivity contribution in [1.29, 1.82) is 0 Å². The van der Waals surface area contributed by atoms with Gasteiger partial charge in [-0.3, -0.25) is 4.79 Å². The molecule has 0 atom stereocenters. The molecule has 5 heteroatoms. The van der Waals surface area contributed by atoms with Crippen molar-refractivity contribution in [3.8, 4) is 5.75 Å². The maximum atomic E-state index is 12.1. The number of carbonyl (C=O) groups is 2. The zero-order chi connectivity index (χ0) is 16.8. The SMILES string of the molecule is COC(=O)c1ccccc1OCC(=O)Nc1c(C)cccc1C. The number of carbonyl (C=O) groups excluding carboxylic acids is 2. The topological polar surface area (TPSA) is 64.6 Å². The number of nitrogens with one attached hydrogen (secondary N) is 1. The Morgan fingerprint density at radius 3 is 2.30 bits per heavy atom. The molecule has 0 saturated heterocycles. The Bertz CT molecular complexity index is 704. The summed E-state index contributed by atoms with van der Waals surface area (Å²) in [5.41, 5.74) is 3.03. The zero-order valence-corrected chi connectivity index (χ0v) is 13.4. The molecule has 0 aliphatic rings. The average molecular weight is 313 g/mol. The van der Waals surface area contributed by atoms with E-state index in [1.807, 2.05) is 32.0 Å². The summed E-state index contributed by atoms with van der Waals surface area (Å²) in [4.78, 5) is 23.7. The number of para-hydroxylation sites is 2. The van der Waals surface area contributed by atoms with Crippen molar-refractivity contribution in [3.05, 3.63) is 59.2 Å². The van der Waals surface area contributed by atoms with Gasteiger partial charge in [-0.15, -0.1) is 0 Å². The molecule has 5 nitrogen and oxygen atoms in total. The lowest BCUT2D eigenvalue weighted by Crippen LogP contribution is -2.22. The van der Waals surface area contributed by atoms with E-state index in [-0.39, 0.29) is 18.1 Å². The van der Waals surface area contributed by atoms with Crippen LogP contribution in [0.15, 0.2) is 42.5 Å². The summed E-state index contributed by atoms with van der Waals surface area (Å²) in [5.74, 6) is -0.478. The molecule has 23 heavy (non-hydrogen) atoms. The van der Waals surface area contributed by atoms with Gasteiger partial charge in [0.15, 0.2) is 6.61 Å². The Kier molecular flexibility index (Phi) is 5.36. The number of amides is 1. The van der Waals surface area contributed by atoms with Crippen LogP contribution in [0.2, 0.25) is 0 Å². The normalized spacial score (nSPS) is 10.0. The molecule has 120 valence electrons. The summed E-state index contributed by atoms with van der Waals surface area (Å²) in [6.07, 6.45) is 0. The molecule has 2 rings (SSSR count). The molecule has 0 aliphatic carbocycles. The van der Waals surface area contributed by atoms with Crippen molar-refractivity contribution in [2.45, 2.75) is 13.8 Å². The van der Waals surface area contributed by atoms with Gasteiger partial charge in [0.2, 0.25) is 0 Å². The lowest BCUT2D eigenvalue weighted by molar-refractivity contribution is -0.118. The number of hydrogen-bond donors (Lipinski definition) is 1. The van der Waals surface area contributed by atoms with Crippen molar-refractivity contribution >= 4 is 17.6 Å². The fourth-order valence-electron chi connectivity index (χ4n) is 2.20. The summed E-state index contributed by atoms with van der Waals surface area (Å²) in [6.45, 7) is 3.66. The highest BCUT2D eigenvalue weighted by Crippen LogP contribution is 2.21. The molecule has 0 fully saturated rings. The van der Waals surface area contributed by atoms with Gasteiger partial charge in [-0.2, -0.15) is 0 Å². The first-order chi connectivity index (χ1) is 11.0. The van der Waals surface area contributed by atoms with Gasteiger partial charge in [-0.1, -0.05) is 30.3 Å². The monoisotopic (exact) mass is 313 g/mol. The second-order valence-electron chi connectivity index (χ2n) is 5.09. The molecule has 0 spiro atoms. The first-order valence-corrected chi connectivity index (χ1v) is 7.19. The van der Waals surface area contributed by atoms with Crippen LogP contribution in [0.3, 0.4) is 0 Å². The van der Waals surface area contributed by atoms with Crippen LogP contribution in [0.1, 0.15) is 21.5 Å². The predicted octanol–water partition coefficient (Wildman–Crippen LogP) is 3.11. The quantitative estimate of drug-likeness (QED) is 0.861. The maximum Gasteiger partial charge on any atom is 0.341 e. The van der Waals surface area contributed by atoms with Crippen LogP contribution < -0.4 is 10.1 Å². The van der Waals surface area contributed by atoms with Gasteiger partial charge >= 0.3 is 5.97 Å². The largest absolute Gasteiger partial charge is 0.483 e. The number of ether oxygens (including phenoxy) is 2. The van der Waals surface area contributed by atoms with E-state index in [4.69, 9.17) is 9.47 Å². The standard InChI is InChI=1S/C18H19NO4/c1-12-7-6-8-13(2)17(12)19-16(20)11-23-15-10-5-4-9-14(15)18(21)22-3/h4-10H,11H2,1-3H3,(H,19,20). The summed E-state index contributed by atoms with van der Waals surface area (Å²) < 4.78 is 10.2. The van der Waals surface area contributed by atoms with E-state index in [0.717, 1.165) is 16.8 Å². The highest BCUT2D eigenvalue weighted by molar-refractivity contribution is 5.94. The minimum absolute atomic E-state index is 0.193. The molecule has 1 N–H and O–H groups in total. The molecule has 2 aromatic carbocycles. The molecule has 0 saturated carbocycles. The lowest BCUT2D eigenvalue weighted by Gasteiger charge is -2.13. The molecule has 0 aliphatic heterocycles. The van der Waals surface area contributed by atoms with Crippen molar-refractivity contribution in [2.75, 3.05) is 19.0 Å². The van der Waals surface area contributed by atoms with Crippen LogP contribution in [-0.4, -0.2) is 25.6 Å². The second-order valence-corrected chi connectivity index (χ2v) is 5.09. The van der Waals surface area contributed by atoms with Gasteiger partial charge in [0.1, 0.15) is 11.3 Å². The third-order valence-corrected chi connectivity index (χ3v) is 3.40. The summed E-state index contributed by atoms with van der Waals surface area (Å²) in [5, 5.41) is 2.83. The minimum Gasteiger partial charge on any atom is -0.483 e. The molecular weight excluding hydrogens is 294 g/mol. The number of aryl methyl sites for hydroxylation is 2. The zero-order valence-electron chi connectivity index (χ0n) is 13.4. The molecule has 2 aromatic rings. The second kappa shape index (κ2) is 7.45. The Morgan fingerprint density at radius 2 is 1.65 bits per heavy atom. The summed E-state index contributed by atoms with van der Waals surface area (Å²) >= 11 is 0. The van der Waals surface area contributed by atoms with Crippen molar-refractivity contribution < 1.29 is 19.1 Å². The molecule has 0 bridgehead atoms. The molecular formula is C18H19NO4. The van der Waals surface area contributed by atoms with Crippen molar-refractivity contribution in [3.63, 3.8) is 0 Å². The Morgan fingerprint density at radius 1 is 1.00 bits per heavy atom. The van der Waals surface area contributed by atoms with Gasteiger partial charge in [0.25, 0.3) is 5.91 Å². The van der Waals surface area contributed by atoms with Crippen molar-refractivity contribution in [1.82, 2.24) is 0 Å². The van der Waals surface area contributed by atoms with E-state index in [2.05, 4.69) is 5.32 Å². The Hall–Kier alpha value is -2.82. The molecule has 1 amide bonds. The van der Waals surface area contributed by atoms with Crippen LogP contribution in [0.5, 0.6) is 5.75 Å². The third-order valence-electron chi connectivity index (χ3n) is 3.40. The number of esters is 1. The van der Waals surface area contributed by atoms with E-state index in [1.165, 1.54) is 7.11 Å². The number of benzene rings is 2. The molecule has 0 heterocycles. The van der Waals surface area contributed by atoms with E-state index >= 15 is 0 Å². The number of hydrogen-bond acceptors (Lipinski definition) is 4. The van der Waals surface area contributed by atoms with Crippen LogP contribution in [0, 0.1) is 13.8 Å². The first-order valence-electron chi connectivity index (χ1n) is 7.19. The van der Waals surface area contributed by atoms with Gasteiger partial charge in [0, 0.05) is 5.69 Å². The molecule has 0 radical (unpaired) electrons. The van der Waals surface area contributed by atoms with Gasteiger partial charge in [-0.05, 0) is 37.1 Å². The van der Waals surface area contributed by atoms with Gasteiger partial charge < -0.3 is 14.8 Å². The summed E-state index contributed by atoms with van der Waals surface area (Å²) in [6, 6.07) is 12.4. The highest BCUT2D eigenvalue weighted by atomic mass is 16.5. The smallest absolute Gasteiger partial charge is 0.341 e. The van der Waals surface area contributed by atoms with E-state index in [0.29, 0.717) is 5.75 Å². The van der Waals surface area contributed by atoms with E-state index in [9.17, 15) is 9.59 Å². The van der Waals surface area contributed by atoms with Crippen LogP contribution in [-0.2, 0) is 9.53 Å². The van der Waals surface area contributed by atoms with Gasteiger partial charge in [0.05, 0.1) is 7.11 Å². The average Bonchev–Trinajstić information content (AvgIpc) is 2.56. The fourth-order valence-corrected chi connectivity index (χ4v) is 2.20. The number of methoxy groups -OCH3 is 1. The lowest BCUT2D eigenvalue weighted by atomic mass is 10.1. The summed E-state index contributed by atoms with van der Waals surface area (Å²) in [7, 11) is 1.30. The Balaban J connectivity index is 2.04. The Labute approximate surface area is 135 Å². The predicted molar refractivity (Wildman–Crippen MR) is 87.8 cm³/mol. The first kappa shape index (κ1) is 16.5. The fraction of sp³-hybridized carbons (Fsp3) is 0.222. The van der Waals surface area contributed by atoms with Gasteiger partial charge in [-0.25, -0.2) is 4.79 Å². The third kappa shape index (κ3) is 4.10. The van der Waals surface area contributed by atoms with Crippen LogP contribution >= 0.6 is 0 Å². The van der Waals surface area contributed by atoms with Crippen LogP contribution in [0.25, 0.3) is 0 Å². The maximum absolute atomic E-state index is 12.1. The van der Waals surface area contributed by atoms with E-state index in [1.54, 1.807) is 24.3 Å². The molecule has 0 unspecified atom stereocenters. The van der Waals surface area contributed by atoms with Crippen molar-refractivity contribution in [2.24, 2.45) is 0 Å². The minimum atomic E-state index is -0.504. The molecule has 0 aromatic heterocycles. The van der Waals surface area contributed by atoms with Crippen LogP contribution in [0.4, 0.5) is 5.69 Å². The number of rotatable bonds is 5. The highest BCUT2D eigenvalue weighted by Gasteiger charge is 2.14. The number of anilines is 1. The van der Waals surface area contributed by atoms with E-state index < -0.39 is 5.97 Å².